The summed E-state index contributed by atoms with van der Waals surface area (Å²) in [5.41, 5.74) is 7.92. The summed E-state index contributed by atoms with van der Waals surface area (Å²) < 4.78 is 26.0. The molecule has 3 N–H and O–H groups in total. The van der Waals surface area contributed by atoms with Crippen LogP contribution < -0.4 is 11.2 Å². The number of piperazine rings is 1. The van der Waals surface area contributed by atoms with Crippen LogP contribution in [0.25, 0.3) is 0 Å². The molecule has 0 spiro atoms. The van der Waals surface area contributed by atoms with Crippen molar-refractivity contribution >= 4 is 27.1 Å². The smallest absolute Gasteiger partial charge is 0.294 e. The fourth-order valence-electron chi connectivity index (χ4n) is 3.04. The maximum atomic E-state index is 13.0. The van der Waals surface area contributed by atoms with E-state index in [0.29, 0.717) is 13.1 Å². The van der Waals surface area contributed by atoms with Crippen LogP contribution in [-0.4, -0.2) is 62.4 Å². The molecule has 1 saturated heterocycles. The van der Waals surface area contributed by atoms with Gasteiger partial charge < -0.3 is 16.1 Å². The van der Waals surface area contributed by atoms with Crippen LogP contribution in [0.5, 0.6) is 0 Å². The Labute approximate surface area is 167 Å². The number of nitro groups is 1. The Bertz CT molecular complexity index is 1050. The third-order valence-corrected chi connectivity index (χ3v) is 6.51. The maximum absolute atomic E-state index is 13.0. The van der Waals surface area contributed by atoms with Crippen LogP contribution in [0.2, 0.25) is 0 Å². The van der Waals surface area contributed by atoms with Gasteiger partial charge in [-0.1, -0.05) is 12.1 Å². The average molecular weight is 419 g/mol. The SMILES string of the molecule is CN1CCN(Nc2ccc(S(=O)(=O)c3ccccc3C(N)=O)cc2[N+](=O)[O-])CC1. The van der Waals surface area contributed by atoms with Gasteiger partial charge in [-0.15, -0.1) is 0 Å². The number of hydrogen-bond donors (Lipinski definition) is 2. The Morgan fingerprint density at radius 3 is 2.41 bits per heavy atom. The lowest BCUT2D eigenvalue weighted by atomic mass is 10.2. The molecule has 0 unspecified atom stereocenters. The number of nitrogens with two attached hydrogens (primary N) is 1. The molecule has 11 heteroatoms. The predicted octanol–water partition coefficient (Wildman–Crippen LogP) is 1.10. The highest BCUT2D eigenvalue weighted by atomic mass is 32.2. The molecule has 0 aromatic heterocycles. The second-order valence-electron chi connectivity index (χ2n) is 6.70. The first-order valence-corrected chi connectivity index (χ1v) is 10.3. The number of hydrogen-bond acceptors (Lipinski definition) is 8. The molecule has 0 radical (unpaired) electrons. The van der Waals surface area contributed by atoms with Crippen molar-refractivity contribution in [1.29, 1.82) is 0 Å². The summed E-state index contributed by atoms with van der Waals surface area (Å²) >= 11 is 0. The number of nitro benzene ring substituents is 1. The molecule has 29 heavy (non-hydrogen) atoms. The van der Waals surface area contributed by atoms with Gasteiger partial charge in [0, 0.05) is 32.2 Å². The molecular formula is C18H21N5O5S. The van der Waals surface area contributed by atoms with Gasteiger partial charge in [0.05, 0.1) is 20.3 Å². The minimum Gasteiger partial charge on any atom is -0.366 e. The summed E-state index contributed by atoms with van der Waals surface area (Å²) in [5, 5.41) is 13.4. The highest BCUT2D eigenvalue weighted by molar-refractivity contribution is 7.91. The zero-order valence-corrected chi connectivity index (χ0v) is 16.6. The summed E-state index contributed by atoms with van der Waals surface area (Å²) in [5.74, 6) is -0.896. The lowest BCUT2D eigenvalue weighted by Crippen LogP contribution is -2.47. The predicted molar refractivity (Wildman–Crippen MR) is 106 cm³/mol. The number of primary amides is 1. The minimum atomic E-state index is -4.18. The van der Waals surface area contributed by atoms with Crippen LogP contribution >= 0.6 is 0 Å². The summed E-state index contributed by atoms with van der Waals surface area (Å²) in [6, 6.07) is 9.12. The van der Waals surface area contributed by atoms with Crippen LogP contribution in [0.15, 0.2) is 52.3 Å². The second-order valence-corrected chi connectivity index (χ2v) is 8.62. The number of carbonyl (C=O) groups excluding carboxylic acids is 1. The van der Waals surface area contributed by atoms with Crippen molar-refractivity contribution in [2.45, 2.75) is 9.79 Å². The highest BCUT2D eigenvalue weighted by Gasteiger charge is 2.27. The van der Waals surface area contributed by atoms with Crippen LogP contribution in [-0.2, 0) is 9.84 Å². The van der Waals surface area contributed by atoms with E-state index in [4.69, 9.17) is 5.73 Å². The molecule has 2 aromatic rings. The van der Waals surface area contributed by atoms with E-state index >= 15 is 0 Å². The molecule has 1 aliphatic heterocycles. The van der Waals surface area contributed by atoms with Gasteiger partial charge in [0.1, 0.15) is 5.69 Å². The highest BCUT2D eigenvalue weighted by Crippen LogP contribution is 2.32. The van der Waals surface area contributed by atoms with Gasteiger partial charge >= 0.3 is 0 Å². The molecule has 0 saturated carbocycles. The van der Waals surface area contributed by atoms with Crippen molar-refractivity contribution in [2.24, 2.45) is 5.73 Å². The van der Waals surface area contributed by atoms with Gasteiger partial charge in [-0.2, -0.15) is 0 Å². The molecule has 1 amide bonds. The van der Waals surface area contributed by atoms with E-state index < -0.39 is 20.7 Å². The molecule has 2 aromatic carbocycles. The number of rotatable bonds is 6. The molecule has 0 atom stereocenters. The van der Waals surface area contributed by atoms with Crippen molar-refractivity contribution in [1.82, 2.24) is 9.91 Å². The first-order chi connectivity index (χ1) is 13.7. The quantitative estimate of drug-likeness (QED) is 0.524. The molecule has 3 rings (SSSR count). The molecule has 0 aliphatic carbocycles. The Morgan fingerprint density at radius 1 is 1.14 bits per heavy atom. The third-order valence-electron chi connectivity index (χ3n) is 4.70. The molecule has 154 valence electrons. The maximum Gasteiger partial charge on any atom is 0.294 e. The van der Waals surface area contributed by atoms with Crippen LogP contribution in [0.1, 0.15) is 10.4 Å². The number of hydrazine groups is 1. The van der Waals surface area contributed by atoms with Crippen LogP contribution in [0, 0.1) is 10.1 Å². The summed E-state index contributed by atoms with van der Waals surface area (Å²) in [6.45, 7) is 2.94. The Balaban J connectivity index is 1.98. The zero-order chi connectivity index (χ0) is 21.2. The number of nitrogens with one attached hydrogen (secondary N) is 1. The number of sulfone groups is 1. The van der Waals surface area contributed by atoms with Crippen molar-refractivity contribution in [3.8, 4) is 0 Å². The van der Waals surface area contributed by atoms with E-state index in [2.05, 4.69) is 10.3 Å². The first kappa shape index (κ1) is 20.7. The fourth-order valence-corrected chi connectivity index (χ4v) is 4.53. The van der Waals surface area contributed by atoms with Crippen molar-refractivity contribution < 1.29 is 18.1 Å². The molecule has 10 nitrogen and oxygen atoms in total. The molecule has 1 heterocycles. The zero-order valence-electron chi connectivity index (χ0n) is 15.7. The van der Waals surface area contributed by atoms with Crippen molar-refractivity contribution in [3.05, 3.63) is 58.1 Å². The lowest BCUT2D eigenvalue weighted by molar-refractivity contribution is -0.384. The number of likely N-dealkylation sites (N-methyl/N-ethyl adjacent to an activating group) is 1. The standard InChI is InChI=1S/C18H21N5O5S/c1-21-8-10-22(11-9-21)20-15-7-6-13(12-16(15)23(25)26)29(27,28)17-5-3-2-4-14(17)18(19)24/h2-7,12,20H,8-11H2,1H3,(H2,19,24). The number of benzene rings is 2. The largest absolute Gasteiger partial charge is 0.366 e. The number of nitrogens with zero attached hydrogens (tertiary/aromatic N) is 3. The van der Waals surface area contributed by atoms with Gasteiger partial charge in [-0.25, -0.2) is 13.4 Å². The summed E-state index contributed by atoms with van der Waals surface area (Å²) in [4.78, 5) is 24.1. The number of anilines is 1. The van der Waals surface area contributed by atoms with E-state index in [9.17, 15) is 23.3 Å². The van der Waals surface area contributed by atoms with E-state index in [1.54, 1.807) is 0 Å². The molecular weight excluding hydrogens is 398 g/mol. The van der Waals surface area contributed by atoms with Gasteiger partial charge in [0.25, 0.3) is 5.69 Å². The van der Waals surface area contributed by atoms with E-state index in [1.807, 2.05) is 12.1 Å². The van der Waals surface area contributed by atoms with E-state index in [0.717, 1.165) is 19.2 Å². The van der Waals surface area contributed by atoms with Gasteiger partial charge in [-0.05, 0) is 31.3 Å². The van der Waals surface area contributed by atoms with Gasteiger partial charge in [0.15, 0.2) is 0 Å². The van der Waals surface area contributed by atoms with E-state index in [1.165, 1.54) is 36.4 Å². The molecule has 1 aliphatic rings. The fraction of sp³-hybridized carbons (Fsp3) is 0.278. The van der Waals surface area contributed by atoms with Crippen LogP contribution in [0.3, 0.4) is 0 Å². The monoisotopic (exact) mass is 419 g/mol. The van der Waals surface area contributed by atoms with Crippen molar-refractivity contribution in [2.75, 3.05) is 38.7 Å². The Hall–Kier alpha value is -3.02. The summed E-state index contributed by atoms with van der Waals surface area (Å²) in [6.07, 6.45) is 0. The number of carbonyl (C=O) groups is 1. The first-order valence-electron chi connectivity index (χ1n) is 8.82. The second kappa shape index (κ2) is 8.15. The van der Waals surface area contributed by atoms with Gasteiger partial charge in [-0.3, -0.25) is 14.9 Å². The van der Waals surface area contributed by atoms with Gasteiger partial charge in [0.2, 0.25) is 15.7 Å². The molecule has 1 fully saturated rings. The normalized spacial score (nSPS) is 15.8. The van der Waals surface area contributed by atoms with E-state index in [-0.39, 0.29) is 26.7 Å². The molecule has 0 bridgehead atoms. The third kappa shape index (κ3) is 4.36. The van der Waals surface area contributed by atoms with Crippen LogP contribution in [0.4, 0.5) is 11.4 Å². The number of amides is 1. The Morgan fingerprint density at radius 2 is 1.79 bits per heavy atom. The summed E-state index contributed by atoms with van der Waals surface area (Å²) in [7, 11) is -2.19. The average Bonchev–Trinajstić information content (AvgIpc) is 2.69. The minimum absolute atomic E-state index is 0.171. The Kier molecular flexibility index (Phi) is 5.82. The topological polar surface area (TPSA) is 139 Å². The van der Waals surface area contributed by atoms with Crippen molar-refractivity contribution in [3.63, 3.8) is 0 Å². The lowest BCUT2D eigenvalue weighted by Gasteiger charge is -2.32.